The maximum Gasteiger partial charge on any atom is 0.148 e. The molecule has 0 amide bonds. The number of nitrogen functional groups attached to an aromatic ring is 1. The third kappa shape index (κ3) is 2.93. The minimum absolute atomic E-state index is 0.652. The first kappa shape index (κ1) is 12.7. The summed E-state index contributed by atoms with van der Waals surface area (Å²) < 4.78 is 0. The molecule has 4 N–H and O–H groups in total. The standard InChI is InChI=1S/C11H16N6S/c1-7-10(15-8(2)16-11(7)17-12)14-4-3-9-13-5-6-18-9/h5-6H,3-4,12H2,1-2H3,(H2,14,15,16,17). The van der Waals surface area contributed by atoms with Crippen molar-refractivity contribution in [1.82, 2.24) is 15.0 Å². The molecule has 7 heteroatoms. The largest absolute Gasteiger partial charge is 0.369 e. The highest BCUT2D eigenvalue weighted by molar-refractivity contribution is 7.09. The molecule has 0 saturated heterocycles. The molecule has 96 valence electrons. The fourth-order valence-electron chi connectivity index (χ4n) is 1.61. The fraction of sp³-hybridized carbons (Fsp3) is 0.364. The topological polar surface area (TPSA) is 88.8 Å². The first-order chi connectivity index (χ1) is 8.70. The van der Waals surface area contributed by atoms with E-state index in [1.54, 1.807) is 11.3 Å². The number of hydrazine groups is 1. The van der Waals surface area contributed by atoms with Gasteiger partial charge in [0, 0.05) is 30.1 Å². The highest BCUT2D eigenvalue weighted by atomic mass is 32.1. The Labute approximate surface area is 110 Å². The number of rotatable bonds is 5. The minimum atomic E-state index is 0.652. The van der Waals surface area contributed by atoms with Gasteiger partial charge in [0.1, 0.15) is 17.5 Å². The lowest BCUT2D eigenvalue weighted by molar-refractivity contribution is 0.958. The van der Waals surface area contributed by atoms with Crippen molar-refractivity contribution in [3.05, 3.63) is 28.0 Å². The van der Waals surface area contributed by atoms with Gasteiger partial charge >= 0.3 is 0 Å². The average molecular weight is 264 g/mol. The van der Waals surface area contributed by atoms with Crippen molar-refractivity contribution in [2.45, 2.75) is 20.3 Å². The number of nitrogens with one attached hydrogen (secondary N) is 2. The van der Waals surface area contributed by atoms with Crippen LogP contribution in [0.1, 0.15) is 16.4 Å². The summed E-state index contributed by atoms with van der Waals surface area (Å²) in [4.78, 5) is 12.8. The molecule has 0 radical (unpaired) electrons. The average Bonchev–Trinajstić information content (AvgIpc) is 2.86. The Morgan fingerprint density at radius 3 is 2.72 bits per heavy atom. The molecular weight excluding hydrogens is 248 g/mol. The SMILES string of the molecule is Cc1nc(NN)c(C)c(NCCc2nccs2)n1. The Morgan fingerprint density at radius 1 is 1.28 bits per heavy atom. The quantitative estimate of drug-likeness (QED) is 0.560. The number of anilines is 2. The molecule has 6 nitrogen and oxygen atoms in total. The van der Waals surface area contributed by atoms with Crippen molar-refractivity contribution in [3.8, 4) is 0 Å². The van der Waals surface area contributed by atoms with Gasteiger partial charge in [-0.2, -0.15) is 0 Å². The normalized spacial score (nSPS) is 10.4. The Kier molecular flexibility index (Phi) is 4.06. The molecule has 0 atom stereocenters. The molecule has 2 heterocycles. The molecule has 0 unspecified atom stereocenters. The summed E-state index contributed by atoms with van der Waals surface area (Å²) in [5, 5.41) is 6.38. The van der Waals surface area contributed by atoms with Gasteiger partial charge in [-0.1, -0.05) is 0 Å². The highest BCUT2D eigenvalue weighted by Crippen LogP contribution is 2.18. The smallest absolute Gasteiger partial charge is 0.148 e. The van der Waals surface area contributed by atoms with Crippen molar-refractivity contribution < 1.29 is 0 Å². The van der Waals surface area contributed by atoms with Crippen LogP contribution in [0.3, 0.4) is 0 Å². The zero-order chi connectivity index (χ0) is 13.0. The molecule has 0 aliphatic rings. The molecule has 0 aliphatic carbocycles. The maximum absolute atomic E-state index is 5.42. The van der Waals surface area contributed by atoms with Gasteiger partial charge in [0.05, 0.1) is 5.01 Å². The van der Waals surface area contributed by atoms with E-state index in [9.17, 15) is 0 Å². The Balaban J connectivity index is 2.02. The minimum Gasteiger partial charge on any atom is -0.369 e. The number of hydrogen-bond acceptors (Lipinski definition) is 7. The van der Waals surface area contributed by atoms with Crippen LogP contribution in [0, 0.1) is 13.8 Å². The number of nitrogens with two attached hydrogens (primary N) is 1. The number of nitrogens with zero attached hydrogens (tertiary/aromatic N) is 3. The van der Waals surface area contributed by atoms with Crippen molar-refractivity contribution in [2.75, 3.05) is 17.3 Å². The van der Waals surface area contributed by atoms with E-state index < -0.39 is 0 Å². The first-order valence-corrected chi connectivity index (χ1v) is 6.52. The lowest BCUT2D eigenvalue weighted by atomic mass is 10.3. The molecule has 2 aromatic heterocycles. The van der Waals surface area contributed by atoms with E-state index in [1.807, 2.05) is 25.4 Å². The van der Waals surface area contributed by atoms with Crippen molar-refractivity contribution in [1.29, 1.82) is 0 Å². The van der Waals surface area contributed by atoms with Gasteiger partial charge in [-0.3, -0.25) is 0 Å². The van der Waals surface area contributed by atoms with E-state index in [0.717, 1.165) is 29.4 Å². The summed E-state index contributed by atoms with van der Waals surface area (Å²) in [5.74, 6) is 7.57. The van der Waals surface area contributed by atoms with Crippen LogP contribution in [-0.4, -0.2) is 21.5 Å². The van der Waals surface area contributed by atoms with Crippen LogP contribution in [-0.2, 0) is 6.42 Å². The van der Waals surface area contributed by atoms with Crippen LogP contribution >= 0.6 is 11.3 Å². The van der Waals surface area contributed by atoms with Gasteiger partial charge in [-0.05, 0) is 13.8 Å². The van der Waals surface area contributed by atoms with E-state index >= 15 is 0 Å². The third-order valence-electron chi connectivity index (χ3n) is 2.51. The summed E-state index contributed by atoms with van der Waals surface area (Å²) in [5.41, 5.74) is 3.50. The van der Waals surface area contributed by atoms with Crippen LogP contribution in [0.15, 0.2) is 11.6 Å². The zero-order valence-electron chi connectivity index (χ0n) is 10.4. The van der Waals surface area contributed by atoms with E-state index in [2.05, 4.69) is 25.7 Å². The molecule has 18 heavy (non-hydrogen) atoms. The maximum atomic E-state index is 5.42. The van der Waals surface area contributed by atoms with Crippen LogP contribution in [0.5, 0.6) is 0 Å². The molecule has 2 aromatic rings. The predicted octanol–water partition coefficient (Wildman–Crippen LogP) is 1.49. The van der Waals surface area contributed by atoms with E-state index in [1.165, 1.54) is 0 Å². The lowest BCUT2D eigenvalue weighted by Crippen LogP contribution is -2.15. The number of aryl methyl sites for hydroxylation is 1. The van der Waals surface area contributed by atoms with Crippen LogP contribution in [0.4, 0.5) is 11.6 Å². The van der Waals surface area contributed by atoms with Crippen LogP contribution in [0.25, 0.3) is 0 Å². The Hall–Kier alpha value is -1.73. The van der Waals surface area contributed by atoms with Crippen molar-refractivity contribution in [3.63, 3.8) is 0 Å². The molecule has 0 fully saturated rings. The fourth-order valence-corrected chi connectivity index (χ4v) is 2.23. The lowest BCUT2D eigenvalue weighted by Gasteiger charge is -2.11. The van der Waals surface area contributed by atoms with Crippen LogP contribution in [0.2, 0.25) is 0 Å². The Morgan fingerprint density at radius 2 is 2.06 bits per heavy atom. The number of hydrogen-bond donors (Lipinski definition) is 3. The monoisotopic (exact) mass is 264 g/mol. The summed E-state index contributed by atoms with van der Waals surface area (Å²) >= 11 is 1.66. The second-order valence-corrected chi connectivity index (χ2v) is 4.82. The van der Waals surface area contributed by atoms with E-state index in [-0.39, 0.29) is 0 Å². The van der Waals surface area contributed by atoms with Crippen molar-refractivity contribution >= 4 is 23.0 Å². The second kappa shape index (κ2) is 5.74. The first-order valence-electron chi connectivity index (χ1n) is 5.65. The zero-order valence-corrected chi connectivity index (χ0v) is 11.2. The molecule has 0 spiro atoms. The molecule has 0 aromatic carbocycles. The molecule has 0 saturated carbocycles. The number of thiazole rings is 1. The van der Waals surface area contributed by atoms with Crippen LogP contribution < -0.4 is 16.6 Å². The van der Waals surface area contributed by atoms with E-state index in [0.29, 0.717) is 11.6 Å². The van der Waals surface area contributed by atoms with E-state index in [4.69, 9.17) is 5.84 Å². The summed E-state index contributed by atoms with van der Waals surface area (Å²) in [6.45, 7) is 4.56. The van der Waals surface area contributed by atoms with Gasteiger partial charge < -0.3 is 10.7 Å². The molecule has 0 aliphatic heterocycles. The molecule has 2 rings (SSSR count). The molecular formula is C11H16N6S. The summed E-state index contributed by atoms with van der Waals surface area (Å²) in [6, 6.07) is 0. The van der Waals surface area contributed by atoms with Gasteiger partial charge in [-0.25, -0.2) is 20.8 Å². The van der Waals surface area contributed by atoms with Gasteiger partial charge in [0.15, 0.2) is 0 Å². The molecule has 0 bridgehead atoms. The summed E-state index contributed by atoms with van der Waals surface area (Å²) in [7, 11) is 0. The second-order valence-electron chi connectivity index (χ2n) is 3.84. The highest BCUT2D eigenvalue weighted by Gasteiger charge is 2.07. The summed E-state index contributed by atoms with van der Waals surface area (Å²) in [6.07, 6.45) is 2.70. The van der Waals surface area contributed by atoms with Gasteiger partial charge in [-0.15, -0.1) is 11.3 Å². The van der Waals surface area contributed by atoms with Gasteiger partial charge in [0.2, 0.25) is 0 Å². The Bertz CT molecular complexity index is 511. The predicted molar refractivity (Wildman–Crippen MR) is 73.6 cm³/mol. The van der Waals surface area contributed by atoms with Crippen molar-refractivity contribution in [2.24, 2.45) is 5.84 Å². The number of aromatic nitrogens is 3. The third-order valence-corrected chi connectivity index (χ3v) is 3.35. The van der Waals surface area contributed by atoms with Gasteiger partial charge in [0.25, 0.3) is 0 Å².